The van der Waals surface area contributed by atoms with Crippen LogP contribution in [0.15, 0.2) is 97.1 Å². The molecule has 0 aliphatic heterocycles. The standard InChI is InChI=1S/C28H22N2O4/c31-28(32)22-14-15-25(34-18-27-29-23-8-4-5-9-24(23)30-27)26(16-22)33-17-19-10-12-21(13-11-19)20-6-2-1-3-7-20/h1-16H,17-18H2,(H,29,30)(H,31,32). The van der Waals surface area contributed by atoms with E-state index in [4.69, 9.17) is 9.47 Å². The number of nitrogens with one attached hydrogen (secondary N) is 1. The Bertz CT molecular complexity index is 1390. The van der Waals surface area contributed by atoms with E-state index in [2.05, 4.69) is 22.1 Å². The Balaban J connectivity index is 1.31. The van der Waals surface area contributed by atoms with E-state index in [9.17, 15) is 9.90 Å². The van der Waals surface area contributed by atoms with E-state index in [1.807, 2.05) is 66.7 Å². The second kappa shape index (κ2) is 9.50. The van der Waals surface area contributed by atoms with Crippen molar-refractivity contribution in [1.82, 2.24) is 9.97 Å². The van der Waals surface area contributed by atoms with Crippen LogP contribution in [-0.4, -0.2) is 21.0 Å². The number of benzene rings is 4. The lowest BCUT2D eigenvalue weighted by atomic mass is 10.0. The van der Waals surface area contributed by atoms with Gasteiger partial charge in [0.1, 0.15) is 19.0 Å². The molecule has 2 N–H and O–H groups in total. The molecule has 0 saturated carbocycles. The number of aromatic amines is 1. The third-order valence-corrected chi connectivity index (χ3v) is 5.45. The maximum atomic E-state index is 11.5. The number of imidazole rings is 1. The van der Waals surface area contributed by atoms with Crippen LogP contribution in [0.25, 0.3) is 22.2 Å². The molecular weight excluding hydrogens is 428 g/mol. The molecular formula is C28H22N2O4. The lowest BCUT2D eigenvalue weighted by Crippen LogP contribution is -2.04. The highest BCUT2D eigenvalue weighted by Crippen LogP contribution is 2.30. The molecule has 4 aromatic carbocycles. The molecule has 34 heavy (non-hydrogen) atoms. The molecule has 0 spiro atoms. The molecule has 0 atom stereocenters. The highest BCUT2D eigenvalue weighted by atomic mass is 16.5. The van der Waals surface area contributed by atoms with E-state index in [-0.39, 0.29) is 18.8 Å². The monoisotopic (exact) mass is 450 g/mol. The summed E-state index contributed by atoms with van der Waals surface area (Å²) in [5, 5.41) is 9.40. The van der Waals surface area contributed by atoms with Gasteiger partial charge < -0.3 is 19.6 Å². The van der Waals surface area contributed by atoms with Crippen LogP contribution in [0.5, 0.6) is 11.5 Å². The van der Waals surface area contributed by atoms with Gasteiger partial charge in [0.2, 0.25) is 0 Å². The summed E-state index contributed by atoms with van der Waals surface area (Å²) in [5.74, 6) is 0.460. The van der Waals surface area contributed by atoms with Crippen molar-refractivity contribution in [3.8, 4) is 22.6 Å². The van der Waals surface area contributed by atoms with Gasteiger partial charge in [-0.2, -0.15) is 0 Å². The van der Waals surface area contributed by atoms with E-state index < -0.39 is 5.97 Å². The third kappa shape index (κ3) is 4.76. The van der Waals surface area contributed by atoms with Crippen molar-refractivity contribution in [1.29, 1.82) is 0 Å². The predicted molar refractivity (Wildman–Crippen MR) is 130 cm³/mol. The lowest BCUT2D eigenvalue weighted by molar-refractivity contribution is 0.0696. The van der Waals surface area contributed by atoms with Gasteiger partial charge in [0, 0.05) is 0 Å². The number of aromatic nitrogens is 2. The third-order valence-electron chi connectivity index (χ3n) is 5.45. The van der Waals surface area contributed by atoms with Gasteiger partial charge in [-0.3, -0.25) is 0 Å². The summed E-state index contributed by atoms with van der Waals surface area (Å²) in [6, 6.07) is 30.5. The van der Waals surface area contributed by atoms with E-state index in [0.29, 0.717) is 17.3 Å². The first-order valence-electron chi connectivity index (χ1n) is 10.9. The van der Waals surface area contributed by atoms with Crippen LogP contribution in [0.3, 0.4) is 0 Å². The average molecular weight is 450 g/mol. The molecule has 6 heteroatoms. The SMILES string of the molecule is O=C(O)c1ccc(OCc2nc3ccccc3[nH]2)c(OCc2ccc(-c3ccccc3)cc2)c1. The van der Waals surface area contributed by atoms with E-state index in [1.165, 1.54) is 12.1 Å². The molecule has 0 saturated heterocycles. The second-order valence-corrected chi connectivity index (χ2v) is 7.81. The number of hydrogen-bond donors (Lipinski definition) is 2. The molecule has 0 fully saturated rings. The number of fused-ring (bicyclic) bond motifs is 1. The van der Waals surface area contributed by atoms with Crippen LogP contribution in [0.4, 0.5) is 0 Å². The lowest BCUT2D eigenvalue weighted by Gasteiger charge is -2.13. The van der Waals surface area contributed by atoms with Crippen molar-refractivity contribution in [3.05, 3.63) is 114 Å². The van der Waals surface area contributed by atoms with Gasteiger partial charge in [-0.25, -0.2) is 9.78 Å². The van der Waals surface area contributed by atoms with Crippen LogP contribution >= 0.6 is 0 Å². The van der Waals surface area contributed by atoms with Crippen LogP contribution in [-0.2, 0) is 13.2 Å². The maximum Gasteiger partial charge on any atom is 0.335 e. The van der Waals surface area contributed by atoms with Gasteiger partial charge in [-0.15, -0.1) is 0 Å². The molecule has 5 rings (SSSR count). The predicted octanol–water partition coefficient (Wildman–Crippen LogP) is 6.09. The van der Waals surface area contributed by atoms with Crippen molar-refractivity contribution in [2.24, 2.45) is 0 Å². The summed E-state index contributed by atoms with van der Waals surface area (Å²) in [6.45, 7) is 0.475. The van der Waals surface area contributed by atoms with Crippen LogP contribution < -0.4 is 9.47 Å². The number of carboxylic acid groups (broad SMARTS) is 1. The van der Waals surface area contributed by atoms with E-state index >= 15 is 0 Å². The largest absolute Gasteiger partial charge is 0.485 e. The number of nitrogens with zero attached hydrogens (tertiary/aromatic N) is 1. The Morgan fingerprint density at radius 1 is 0.765 bits per heavy atom. The number of carboxylic acids is 1. The van der Waals surface area contributed by atoms with Crippen molar-refractivity contribution >= 4 is 17.0 Å². The molecule has 168 valence electrons. The smallest absolute Gasteiger partial charge is 0.335 e. The molecule has 0 amide bonds. The average Bonchev–Trinajstić information content (AvgIpc) is 3.30. The van der Waals surface area contributed by atoms with Gasteiger partial charge in [-0.05, 0) is 47.0 Å². The quantitative estimate of drug-likeness (QED) is 0.299. The van der Waals surface area contributed by atoms with Gasteiger partial charge >= 0.3 is 5.97 Å². The summed E-state index contributed by atoms with van der Waals surface area (Å²) in [4.78, 5) is 19.2. The summed E-state index contributed by atoms with van der Waals surface area (Å²) >= 11 is 0. The minimum atomic E-state index is -1.03. The Hall–Kier alpha value is -4.58. The molecule has 1 heterocycles. The fourth-order valence-corrected chi connectivity index (χ4v) is 3.68. The fourth-order valence-electron chi connectivity index (χ4n) is 3.68. The molecule has 0 bridgehead atoms. The molecule has 0 aliphatic carbocycles. The van der Waals surface area contributed by atoms with Gasteiger partial charge in [0.15, 0.2) is 11.5 Å². The minimum Gasteiger partial charge on any atom is -0.485 e. The number of carbonyl (C=O) groups is 1. The molecule has 1 aromatic heterocycles. The summed E-state index contributed by atoms with van der Waals surface area (Å²) in [7, 11) is 0. The number of H-pyrrole nitrogens is 1. The zero-order valence-electron chi connectivity index (χ0n) is 18.3. The number of ether oxygens (including phenoxy) is 2. The number of rotatable bonds is 8. The van der Waals surface area contributed by atoms with Gasteiger partial charge in [-0.1, -0.05) is 66.7 Å². The Kier molecular flexibility index (Phi) is 5.95. The van der Waals surface area contributed by atoms with Crippen molar-refractivity contribution in [2.45, 2.75) is 13.2 Å². The fraction of sp³-hybridized carbons (Fsp3) is 0.0714. The first-order chi connectivity index (χ1) is 16.7. The number of para-hydroxylation sites is 2. The highest BCUT2D eigenvalue weighted by molar-refractivity contribution is 5.88. The molecule has 0 aliphatic rings. The first-order valence-corrected chi connectivity index (χ1v) is 10.9. The zero-order chi connectivity index (χ0) is 23.3. The van der Waals surface area contributed by atoms with Gasteiger partial charge in [0.25, 0.3) is 0 Å². The number of hydrogen-bond acceptors (Lipinski definition) is 4. The Labute approximate surface area is 196 Å². The molecule has 6 nitrogen and oxygen atoms in total. The molecule has 5 aromatic rings. The zero-order valence-corrected chi connectivity index (χ0v) is 18.3. The summed E-state index contributed by atoms with van der Waals surface area (Å²) in [6.07, 6.45) is 0. The van der Waals surface area contributed by atoms with E-state index in [0.717, 1.165) is 27.7 Å². The maximum absolute atomic E-state index is 11.5. The summed E-state index contributed by atoms with van der Waals surface area (Å²) in [5.41, 5.74) is 5.14. The normalized spacial score (nSPS) is 10.8. The highest BCUT2D eigenvalue weighted by Gasteiger charge is 2.13. The molecule has 0 radical (unpaired) electrons. The summed E-state index contributed by atoms with van der Waals surface area (Å²) < 4.78 is 11.9. The Morgan fingerprint density at radius 2 is 1.47 bits per heavy atom. The van der Waals surface area contributed by atoms with Crippen LogP contribution in [0, 0.1) is 0 Å². The first kappa shape index (κ1) is 21.3. The topological polar surface area (TPSA) is 84.4 Å². The Morgan fingerprint density at radius 3 is 2.24 bits per heavy atom. The second-order valence-electron chi connectivity index (χ2n) is 7.81. The van der Waals surface area contributed by atoms with Crippen molar-refractivity contribution in [2.75, 3.05) is 0 Å². The van der Waals surface area contributed by atoms with Crippen LogP contribution in [0.2, 0.25) is 0 Å². The van der Waals surface area contributed by atoms with Crippen LogP contribution in [0.1, 0.15) is 21.7 Å². The molecule has 0 unspecified atom stereocenters. The van der Waals surface area contributed by atoms with Crippen molar-refractivity contribution < 1.29 is 19.4 Å². The van der Waals surface area contributed by atoms with Gasteiger partial charge in [0.05, 0.1) is 16.6 Å². The number of aromatic carboxylic acids is 1. The minimum absolute atomic E-state index is 0.130. The van der Waals surface area contributed by atoms with E-state index in [1.54, 1.807) is 6.07 Å². The van der Waals surface area contributed by atoms with Crippen molar-refractivity contribution in [3.63, 3.8) is 0 Å².